The minimum absolute atomic E-state index is 0.221. The lowest BCUT2D eigenvalue weighted by molar-refractivity contribution is -0.132. The quantitative estimate of drug-likeness (QED) is 0.456. The molecule has 8 heteroatoms. The molecule has 5 amide bonds. The third-order valence-corrected chi connectivity index (χ3v) is 6.15. The Bertz CT molecular complexity index is 1080. The van der Waals surface area contributed by atoms with E-state index in [1.165, 1.54) is 9.80 Å². The van der Waals surface area contributed by atoms with E-state index >= 15 is 0 Å². The smallest absolute Gasteiger partial charge is 0.325 e. The van der Waals surface area contributed by atoms with Gasteiger partial charge in [0.1, 0.15) is 5.75 Å². The van der Waals surface area contributed by atoms with Crippen LogP contribution in [0.1, 0.15) is 45.5 Å². The lowest BCUT2D eigenvalue weighted by Gasteiger charge is -2.33. The van der Waals surface area contributed by atoms with Gasteiger partial charge in [-0.1, -0.05) is 30.3 Å². The summed E-state index contributed by atoms with van der Waals surface area (Å²) in [5, 5.41) is 2.87. The number of rotatable bonds is 5. The number of hydrogen-bond acceptors (Lipinski definition) is 5. The molecule has 1 fully saturated rings. The number of hydrogen-bond donors (Lipinski definition) is 1. The van der Waals surface area contributed by atoms with E-state index in [4.69, 9.17) is 4.74 Å². The van der Waals surface area contributed by atoms with Gasteiger partial charge in [-0.25, -0.2) is 4.79 Å². The Hall–Kier alpha value is -3.68. The molecule has 0 bridgehead atoms. The van der Waals surface area contributed by atoms with Crippen LogP contribution in [0.3, 0.4) is 0 Å². The standard InChI is InChI=1S/C23H21N3O5/c27-19-15-7-1-2-8-16(15)20(28)25(19)12-5-6-13-26-21(29)23(24-22(26)30)11-14-31-18-10-4-3-9-17(18)23/h1-4,7-10H,5-6,11-14H2,(H,24,30). The third kappa shape index (κ3) is 2.90. The number of unbranched alkanes of at least 4 members (excludes halogenated alkanes) is 1. The van der Waals surface area contributed by atoms with Gasteiger partial charge in [0, 0.05) is 25.1 Å². The molecular weight excluding hydrogens is 398 g/mol. The summed E-state index contributed by atoms with van der Waals surface area (Å²) in [6.07, 6.45) is 1.36. The minimum Gasteiger partial charge on any atom is -0.493 e. The number of nitrogens with zero attached hydrogens (tertiary/aromatic N) is 2. The second kappa shape index (κ2) is 7.23. The van der Waals surface area contributed by atoms with Gasteiger partial charge in [-0.3, -0.25) is 24.2 Å². The summed E-state index contributed by atoms with van der Waals surface area (Å²) in [6, 6.07) is 13.6. The predicted octanol–water partition coefficient (Wildman–Crippen LogP) is 2.29. The Morgan fingerprint density at radius 1 is 0.839 bits per heavy atom. The molecule has 158 valence electrons. The fraction of sp³-hybridized carbons (Fsp3) is 0.304. The van der Waals surface area contributed by atoms with Gasteiger partial charge in [0.2, 0.25) is 0 Å². The molecule has 0 saturated carbocycles. The number of imide groups is 2. The Balaban J connectivity index is 1.23. The maximum atomic E-state index is 13.2. The molecule has 0 radical (unpaired) electrons. The van der Waals surface area contributed by atoms with Crippen LogP contribution in [-0.4, -0.2) is 53.2 Å². The van der Waals surface area contributed by atoms with E-state index < -0.39 is 11.6 Å². The fourth-order valence-electron chi connectivity index (χ4n) is 4.56. The SMILES string of the molecule is O=C1NC2(CCOc3ccccc32)C(=O)N1CCCCN1C(=O)c2ccccc2C1=O. The van der Waals surface area contributed by atoms with Crippen molar-refractivity contribution in [2.24, 2.45) is 0 Å². The molecule has 0 aromatic heterocycles. The van der Waals surface area contributed by atoms with Crippen molar-refractivity contribution in [3.05, 3.63) is 65.2 Å². The van der Waals surface area contributed by atoms with E-state index in [-0.39, 0.29) is 30.8 Å². The normalized spacial score (nSPS) is 21.9. The van der Waals surface area contributed by atoms with Gasteiger partial charge in [0.25, 0.3) is 17.7 Å². The number of carbonyl (C=O) groups excluding carboxylic acids is 4. The number of para-hydroxylation sites is 1. The summed E-state index contributed by atoms with van der Waals surface area (Å²) in [5.41, 5.74) is 0.422. The summed E-state index contributed by atoms with van der Waals surface area (Å²) in [7, 11) is 0. The van der Waals surface area contributed by atoms with Crippen molar-refractivity contribution < 1.29 is 23.9 Å². The van der Waals surface area contributed by atoms with Gasteiger partial charge in [-0.15, -0.1) is 0 Å². The first-order valence-electron chi connectivity index (χ1n) is 10.3. The molecule has 3 aliphatic rings. The maximum Gasteiger partial charge on any atom is 0.325 e. The topological polar surface area (TPSA) is 96.0 Å². The Kier molecular flexibility index (Phi) is 4.50. The summed E-state index contributed by atoms with van der Waals surface area (Å²) in [6.45, 7) is 0.813. The molecule has 1 spiro atoms. The number of nitrogens with one attached hydrogen (secondary N) is 1. The first kappa shape index (κ1) is 19.3. The molecule has 8 nitrogen and oxygen atoms in total. The highest BCUT2D eigenvalue weighted by molar-refractivity contribution is 6.21. The van der Waals surface area contributed by atoms with E-state index in [1.54, 1.807) is 36.4 Å². The van der Waals surface area contributed by atoms with Crippen LogP contribution in [0, 0.1) is 0 Å². The van der Waals surface area contributed by atoms with Crippen LogP contribution in [0.2, 0.25) is 0 Å². The van der Waals surface area contributed by atoms with Gasteiger partial charge in [-0.2, -0.15) is 0 Å². The highest BCUT2D eigenvalue weighted by Crippen LogP contribution is 2.41. The van der Waals surface area contributed by atoms with Crippen LogP contribution < -0.4 is 10.1 Å². The molecule has 0 aliphatic carbocycles. The van der Waals surface area contributed by atoms with Crippen molar-refractivity contribution in [3.8, 4) is 5.75 Å². The van der Waals surface area contributed by atoms with Crippen molar-refractivity contribution in [3.63, 3.8) is 0 Å². The lowest BCUT2D eigenvalue weighted by atomic mass is 9.84. The second-order valence-corrected chi connectivity index (χ2v) is 7.90. The zero-order valence-electron chi connectivity index (χ0n) is 16.8. The van der Waals surface area contributed by atoms with Crippen LogP contribution in [0.15, 0.2) is 48.5 Å². The van der Waals surface area contributed by atoms with Crippen LogP contribution in [0.25, 0.3) is 0 Å². The largest absolute Gasteiger partial charge is 0.493 e. The average Bonchev–Trinajstić information content (AvgIpc) is 3.17. The number of benzene rings is 2. The van der Waals surface area contributed by atoms with E-state index in [2.05, 4.69) is 5.32 Å². The highest BCUT2D eigenvalue weighted by atomic mass is 16.5. The number of amides is 5. The molecule has 1 atom stereocenters. The summed E-state index contributed by atoms with van der Waals surface area (Å²) >= 11 is 0. The maximum absolute atomic E-state index is 13.2. The van der Waals surface area contributed by atoms with Crippen molar-refractivity contribution in [1.82, 2.24) is 15.1 Å². The van der Waals surface area contributed by atoms with E-state index in [0.717, 1.165) is 0 Å². The van der Waals surface area contributed by atoms with Gasteiger partial charge in [0.05, 0.1) is 17.7 Å². The van der Waals surface area contributed by atoms with E-state index in [9.17, 15) is 19.2 Å². The third-order valence-electron chi connectivity index (χ3n) is 6.15. The predicted molar refractivity (Wildman–Crippen MR) is 110 cm³/mol. The molecular formula is C23H21N3O5. The molecule has 1 unspecified atom stereocenters. The molecule has 3 heterocycles. The average molecular weight is 419 g/mol. The van der Waals surface area contributed by atoms with Gasteiger partial charge >= 0.3 is 6.03 Å². The summed E-state index contributed by atoms with van der Waals surface area (Å²) in [4.78, 5) is 53.2. The van der Waals surface area contributed by atoms with Crippen molar-refractivity contribution in [2.45, 2.75) is 24.8 Å². The number of urea groups is 1. The van der Waals surface area contributed by atoms with Gasteiger partial charge in [-0.05, 0) is 31.0 Å². The van der Waals surface area contributed by atoms with Gasteiger partial charge in [0.15, 0.2) is 5.54 Å². The van der Waals surface area contributed by atoms with Crippen LogP contribution in [0.4, 0.5) is 4.79 Å². The van der Waals surface area contributed by atoms with Crippen LogP contribution in [0.5, 0.6) is 5.75 Å². The van der Waals surface area contributed by atoms with Crippen molar-refractivity contribution in [2.75, 3.05) is 19.7 Å². The summed E-state index contributed by atoms with van der Waals surface area (Å²) in [5.74, 6) is -0.273. The van der Waals surface area contributed by atoms with Gasteiger partial charge < -0.3 is 10.1 Å². The van der Waals surface area contributed by atoms with E-state index in [1.807, 2.05) is 12.1 Å². The number of carbonyl (C=O) groups is 4. The lowest BCUT2D eigenvalue weighted by Crippen LogP contribution is -2.47. The number of fused-ring (bicyclic) bond motifs is 3. The zero-order valence-corrected chi connectivity index (χ0v) is 16.8. The first-order chi connectivity index (χ1) is 15.0. The monoisotopic (exact) mass is 419 g/mol. The molecule has 2 aromatic carbocycles. The van der Waals surface area contributed by atoms with Crippen molar-refractivity contribution in [1.29, 1.82) is 0 Å². The second-order valence-electron chi connectivity index (χ2n) is 7.90. The first-order valence-corrected chi connectivity index (χ1v) is 10.3. The molecule has 3 aliphatic heterocycles. The summed E-state index contributed by atoms with van der Waals surface area (Å²) < 4.78 is 5.64. The fourth-order valence-corrected chi connectivity index (χ4v) is 4.56. The molecule has 1 saturated heterocycles. The number of ether oxygens (including phenoxy) is 1. The zero-order chi connectivity index (χ0) is 21.6. The highest BCUT2D eigenvalue weighted by Gasteiger charge is 2.54. The Morgan fingerprint density at radius 3 is 2.16 bits per heavy atom. The van der Waals surface area contributed by atoms with E-state index in [0.29, 0.717) is 48.3 Å². The Labute approximate surface area is 178 Å². The Morgan fingerprint density at radius 2 is 1.45 bits per heavy atom. The minimum atomic E-state index is -1.09. The van der Waals surface area contributed by atoms with Crippen LogP contribution in [-0.2, 0) is 10.3 Å². The van der Waals surface area contributed by atoms with Crippen LogP contribution >= 0.6 is 0 Å². The molecule has 2 aromatic rings. The molecule has 31 heavy (non-hydrogen) atoms. The molecule has 1 N–H and O–H groups in total. The molecule has 5 rings (SSSR count). The van der Waals surface area contributed by atoms with Crippen molar-refractivity contribution >= 4 is 23.8 Å².